The monoisotopic (exact) mass is 318 g/mol. The molecule has 0 unspecified atom stereocenters. The maximum Gasteiger partial charge on any atom is 0.194 e. The van der Waals surface area contributed by atoms with Gasteiger partial charge in [0.15, 0.2) is 5.43 Å². The van der Waals surface area contributed by atoms with Gasteiger partial charge in [0.2, 0.25) is 0 Å². The lowest BCUT2D eigenvalue weighted by atomic mass is 9.99. The predicted molar refractivity (Wildman–Crippen MR) is 92.7 cm³/mol. The van der Waals surface area contributed by atoms with Crippen molar-refractivity contribution in [2.24, 2.45) is 5.92 Å². The number of pyridine rings is 1. The molecule has 1 aromatic carbocycles. The number of hydrogen-bond donors (Lipinski definition) is 1. The lowest BCUT2D eigenvalue weighted by molar-refractivity contribution is 0.176. The second kappa shape index (κ2) is 6.05. The summed E-state index contributed by atoms with van der Waals surface area (Å²) in [5.74, 6) is 0.717. The summed E-state index contributed by atoms with van der Waals surface area (Å²) < 4.78 is 0. The predicted octanol–water partition coefficient (Wildman–Crippen LogP) is 4.03. The molecule has 1 aliphatic heterocycles. The third kappa shape index (κ3) is 2.80. The molecule has 3 nitrogen and oxygen atoms in total. The fourth-order valence-corrected chi connectivity index (χ4v) is 3.63. The van der Waals surface area contributed by atoms with Crippen molar-refractivity contribution in [3.63, 3.8) is 0 Å². The van der Waals surface area contributed by atoms with E-state index in [0.717, 1.165) is 53.3 Å². The Morgan fingerprint density at radius 2 is 2.14 bits per heavy atom. The van der Waals surface area contributed by atoms with Crippen molar-refractivity contribution in [1.29, 1.82) is 0 Å². The highest BCUT2D eigenvalue weighted by Crippen LogP contribution is 2.24. The first kappa shape index (κ1) is 15.6. The van der Waals surface area contributed by atoms with Gasteiger partial charge < -0.3 is 4.98 Å². The van der Waals surface area contributed by atoms with Crippen LogP contribution < -0.4 is 5.43 Å². The van der Waals surface area contributed by atoms with Gasteiger partial charge in [0, 0.05) is 34.8 Å². The largest absolute Gasteiger partial charge is 0.358 e. The molecule has 4 heteroatoms. The van der Waals surface area contributed by atoms with E-state index in [-0.39, 0.29) is 5.43 Å². The summed E-state index contributed by atoms with van der Waals surface area (Å²) in [5.41, 5.74) is 3.80. The first-order valence-electron chi connectivity index (χ1n) is 8.00. The second-order valence-electron chi connectivity index (χ2n) is 6.64. The van der Waals surface area contributed by atoms with Crippen LogP contribution in [0.5, 0.6) is 0 Å². The number of benzene rings is 1. The van der Waals surface area contributed by atoms with E-state index in [0.29, 0.717) is 5.02 Å². The Kier molecular flexibility index (Phi) is 4.28. The first-order chi connectivity index (χ1) is 10.5. The highest BCUT2D eigenvalue weighted by molar-refractivity contribution is 6.32. The Morgan fingerprint density at radius 3 is 2.86 bits per heavy atom. The topological polar surface area (TPSA) is 36.1 Å². The van der Waals surface area contributed by atoms with E-state index >= 15 is 0 Å². The van der Waals surface area contributed by atoms with E-state index in [1.807, 2.05) is 26.0 Å². The van der Waals surface area contributed by atoms with E-state index < -0.39 is 0 Å². The minimum Gasteiger partial charge on any atom is -0.358 e. The zero-order valence-corrected chi connectivity index (χ0v) is 14.3. The molecule has 1 saturated heterocycles. The third-order valence-electron chi connectivity index (χ3n) is 4.81. The number of aromatic amines is 1. The highest BCUT2D eigenvalue weighted by atomic mass is 35.5. The number of piperidine rings is 1. The molecule has 0 radical (unpaired) electrons. The Balaban J connectivity index is 2.03. The van der Waals surface area contributed by atoms with E-state index in [9.17, 15) is 4.79 Å². The van der Waals surface area contributed by atoms with Crippen LogP contribution in [0.25, 0.3) is 10.9 Å². The Hall–Kier alpha value is -1.32. The SMILES string of the molecule is Cc1[nH]c2c(C)c(Cl)ccc2c(=O)c1CN1CCC[C@@H](C)C1. The number of hydrogen-bond acceptors (Lipinski definition) is 2. The minimum atomic E-state index is 0.143. The van der Waals surface area contributed by atoms with Gasteiger partial charge >= 0.3 is 0 Å². The van der Waals surface area contributed by atoms with Gasteiger partial charge in [-0.25, -0.2) is 0 Å². The molecule has 0 spiro atoms. The standard InChI is InChI=1S/C18H23ClN2O/c1-11-5-4-8-21(9-11)10-15-13(3)20-17-12(2)16(19)7-6-14(17)18(15)22/h6-7,11H,4-5,8-10H2,1-3H3,(H,20,22)/t11-/m1/s1. The number of H-pyrrole nitrogens is 1. The molecule has 0 amide bonds. The van der Waals surface area contributed by atoms with Crippen molar-refractivity contribution < 1.29 is 0 Å². The van der Waals surface area contributed by atoms with Gasteiger partial charge in [-0.3, -0.25) is 9.69 Å². The zero-order chi connectivity index (χ0) is 15.9. The van der Waals surface area contributed by atoms with Crippen LogP contribution in [-0.2, 0) is 6.54 Å². The molecular weight excluding hydrogens is 296 g/mol. The van der Waals surface area contributed by atoms with E-state index in [1.165, 1.54) is 12.8 Å². The van der Waals surface area contributed by atoms with Crippen LogP contribution in [-0.4, -0.2) is 23.0 Å². The molecule has 1 atom stereocenters. The molecule has 1 aromatic heterocycles. The van der Waals surface area contributed by atoms with Gasteiger partial charge in [0.1, 0.15) is 0 Å². The number of nitrogens with zero attached hydrogens (tertiary/aromatic N) is 1. The van der Waals surface area contributed by atoms with Crippen LogP contribution in [0, 0.1) is 19.8 Å². The maximum absolute atomic E-state index is 12.9. The molecule has 118 valence electrons. The average Bonchev–Trinajstić information content (AvgIpc) is 2.48. The van der Waals surface area contributed by atoms with Crippen molar-refractivity contribution in [2.45, 2.75) is 40.2 Å². The average molecular weight is 319 g/mol. The molecule has 1 N–H and O–H groups in total. The van der Waals surface area contributed by atoms with Crippen molar-refractivity contribution >= 4 is 22.5 Å². The molecule has 2 aromatic rings. The van der Waals surface area contributed by atoms with E-state index in [4.69, 9.17) is 11.6 Å². The lowest BCUT2D eigenvalue weighted by Gasteiger charge is -2.31. The summed E-state index contributed by atoms with van der Waals surface area (Å²) in [7, 11) is 0. The third-order valence-corrected chi connectivity index (χ3v) is 5.22. The van der Waals surface area contributed by atoms with Crippen LogP contribution in [0.2, 0.25) is 5.02 Å². The van der Waals surface area contributed by atoms with Crippen LogP contribution in [0.4, 0.5) is 0 Å². The molecule has 0 aliphatic carbocycles. The normalized spacial score (nSPS) is 19.7. The lowest BCUT2D eigenvalue weighted by Crippen LogP contribution is -2.35. The molecule has 1 fully saturated rings. The van der Waals surface area contributed by atoms with Gasteiger partial charge in [0.05, 0.1) is 5.52 Å². The minimum absolute atomic E-state index is 0.143. The van der Waals surface area contributed by atoms with Gasteiger partial charge in [-0.2, -0.15) is 0 Å². The summed E-state index contributed by atoms with van der Waals surface area (Å²) in [5, 5.41) is 1.44. The number of aryl methyl sites for hydroxylation is 2. The quantitative estimate of drug-likeness (QED) is 0.907. The molecule has 1 aliphatic rings. The summed E-state index contributed by atoms with van der Waals surface area (Å²) in [6, 6.07) is 3.65. The zero-order valence-electron chi connectivity index (χ0n) is 13.5. The van der Waals surface area contributed by atoms with Gasteiger partial charge in [-0.1, -0.05) is 18.5 Å². The van der Waals surface area contributed by atoms with Gasteiger partial charge in [-0.05, 0) is 56.8 Å². The van der Waals surface area contributed by atoms with Crippen LogP contribution in [0.1, 0.15) is 36.6 Å². The number of likely N-dealkylation sites (tertiary alicyclic amines) is 1. The van der Waals surface area contributed by atoms with E-state index in [1.54, 1.807) is 0 Å². The number of halogens is 1. The Bertz CT molecular complexity index is 766. The highest BCUT2D eigenvalue weighted by Gasteiger charge is 2.19. The molecule has 0 saturated carbocycles. The van der Waals surface area contributed by atoms with Crippen molar-refractivity contribution in [1.82, 2.24) is 9.88 Å². The molecule has 22 heavy (non-hydrogen) atoms. The van der Waals surface area contributed by atoms with Crippen molar-refractivity contribution in [2.75, 3.05) is 13.1 Å². The van der Waals surface area contributed by atoms with Crippen LogP contribution in [0.15, 0.2) is 16.9 Å². The van der Waals surface area contributed by atoms with E-state index in [2.05, 4.69) is 16.8 Å². The molecular formula is C18H23ClN2O. The smallest absolute Gasteiger partial charge is 0.194 e. The summed E-state index contributed by atoms with van der Waals surface area (Å²) >= 11 is 6.17. The number of fused-ring (bicyclic) bond motifs is 1. The summed E-state index contributed by atoms with van der Waals surface area (Å²) in [6.45, 7) is 9.13. The number of rotatable bonds is 2. The fraction of sp³-hybridized carbons (Fsp3) is 0.500. The summed E-state index contributed by atoms with van der Waals surface area (Å²) in [4.78, 5) is 18.7. The number of nitrogens with one attached hydrogen (secondary N) is 1. The van der Waals surface area contributed by atoms with Crippen molar-refractivity contribution in [3.05, 3.63) is 44.2 Å². The van der Waals surface area contributed by atoms with Crippen LogP contribution >= 0.6 is 11.6 Å². The second-order valence-corrected chi connectivity index (χ2v) is 7.04. The van der Waals surface area contributed by atoms with Gasteiger partial charge in [-0.15, -0.1) is 0 Å². The molecule has 3 rings (SSSR count). The Morgan fingerprint density at radius 1 is 1.36 bits per heavy atom. The fourth-order valence-electron chi connectivity index (χ4n) is 3.48. The molecule has 0 bridgehead atoms. The van der Waals surface area contributed by atoms with Crippen molar-refractivity contribution in [3.8, 4) is 0 Å². The number of aromatic nitrogens is 1. The first-order valence-corrected chi connectivity index (χ1v) is 8.38. The maximum atomic E-state index is 12.9. The Labute approximate surface area is 136 Å². The van der Waals surface area contributed by atoms with Gasteiger partial charge in [0.25, 0.3) is 0 Å². The summed E-state index contributed by atoms with van der Waals surface area (Å²) in [6.07, 6.45) is 2.52. The van der Waals surface area contributed by atoms with Crippen LogP contribution in [0.3, 0.4) is 0 Å². The molecule has 2 heterocycles.